The molecule has 3 aromatic rings. The number of nitrogens with one attached hydrogen (secondary N) is 1. The standard InChI is InChI=1S/C16H16N2O2/c1-4-20-16(19)14-10(3)18-15-11-7-5-6-8-12(11)17-9(2)13(14)15/h5-8,18H,4H2,1-3H3. The van der Waals surface area contributed by atoms with Crippen LogP contribution in [-0.4, -0.2) is 22.5 Å². The van der Waals surface area contributed by atoms with Crippen LogP contribution in [0.2, 0.25) is 0 Å². The second-order valence-corrected chi connectivity index (χ2v) is 4.81. The van der Waals surface area contributed by atoms with Gasteiger partial charge in [0.05, 0.1) is 23.2 Å². The Bertz CT molecular complexity index is 818. The molecule has 0 saturated carbocycles. The highest BCUT2D eigenvalue weighted by Crippen LogP contribution is 2.30. The number of carbonyl (C=O) groups is 1. The Balaban J connectivity index is 2.41. The lowest BCUT2D eigenvalue weighted by Crippen LogP contribution is -2.06. The number of nitrogens with zero attached hydrogens (tertiary/aromatic N) is 1. The summed E-state index contributed by atoms with van der Waals surface area (Å²) in [5.74, 6) is -0.295. The number of esters is 1. The van der Waals surface area contributed by atoms with Crippen LogP contribution in [-0.2, 0) is 4.74 Å². The Labute approximate surface area is 116 Å². The average Bonchev–Trinajstić information content (AvgIpc) is 2.77. The zero-order chi connectivity index (χ0) is 14.3. The van der Waals surface area contributed by atoms with Gasteiger partial charge in [0.1, 0.15) is 0 Å². The van der Waals surface area contributed by atoms with Gasteiger partial charge in [0.15, 0.2) is 0 Å². The number of benzene rings is 1. The summed E-state index contributed by atoms with van der Waals surface area (Å²) >= 11 is 0. The van der Waals surface area contributed by atoms with E-state index in [0.29, 0.717) is 12.2 Å². The summed E-state index contributed by atoms with van der Waals surface area (Å²) in [6.45, 7) is 5.98. The molecule has 0 amide bonds. The lowest BCUT2D eigenvalue weighted by Gasteiger charge is -2.05. The summed E-state index contributed by atoms with van der Waals surface area (Å²) < 4.78 is 5.16. The molecule has 0 fully saturated rings. The highest BCUT2D eigenvalue weighted by Gasteiger charge is 2.20. The molecular formula is C16H16N2O2. The van der Waals surface area contributed by atoms with Crippen molar-refractivity contribution in [1.82, 2.24) is 9.97 Å². The van der Waals surface area contributed by atoms with Gasteiger partial charge in [-0.25, -0.2) is 4.79 Å². The molecule has 4 nitrogen and oxygen atoms in total. The summed E-state index contributed by atoms with van der Waals surface area (Å²) in [6.07, 6.45) is 0. The van der Waals surface area contributed by atoms with Crippen LogP contribution in [0, 0.1) is 13.8 Å². The predicted molar refractivity (Wildman–Crippen MR) is 79.0 cm³/mol. The number of carbonyl (C=O) groups excluding carboxylic acids is 1. The van der Waals surface area contributed by atoms with Gasteiger partial charge < -0.3 is 9.72 Å². The maximum atomic E-state index is 12.2. The minimum atomic E-state index is -0.295. The van der Waals surface area contributed by atoms with Gasteiger partial charge in [-0.2, -0.15) is 0 Å². The molecule has 1 N–H and O–H groups in total. The van der Waals surface area contributed by atoms with Gasteiger partial charge in [0.2, 0.25) is 0 Å². The molecule has 2 heterocycles. The molecule has 0 aliphatic rings. The normalized spacial score (nSPS) is 11.2. The molecule has 0 radical (unpaired) electrons. The average molecular weight is 268 g/mol. The fourth-order valence-electron chi connectivity index (χ4n) is 2.67. The van der Waals surface area contributed by atoms with Crippen molar-refractivity contribution >= 4 is 27.8 Å². The van der Waals surface area contributed by atoms with Crippen molar-refractivity contribution in [3.8, 4) is 0 Å². The number of H-pyrrole nitrogens is 1. The van der Waals surface area contributed by atoms with Crippen LogP contribution in [0.3, 0.4) is 0 Å². The third-order valence-corrected chi connectivity index (χ3v) is 3.49. The number of aromatic nitrogens is 2. The minimum Gasteiger partial charge on any atom is -0.462 e. The third kappa shape index (κ3) is 1.76. The van der Waals surface area contributed by atoms with Crippen molar-refractivity contribution in [2.24, 2.45) is 0 Å². The van der Waals surface area contributed by atoms with E-state index in [9.17, 15) is 4.79 Å². The van der Waals surface area contributed by atoms with E-state index in [4.69, 9.17) is 4.74 Å². The first-order chi connectivity index (χ1) is 9.63. The van der Waals surface area contributed by atoms with Crippen molar-refractivity contribution in [3.63, 3.8) is 0 Å². The van der Waals surface area contributed by atoms with Crippen LogP contribution in [0.25, 0.3) is 21.8 Å². The van der Waals surface area contributed by atoms with Crippen molar-refractivity contribution in [2.75, 3.05) is 6.61 Å². The molecule has 20 heavy (non-hydrogen) atoms. The number of aromatic amines is 1. The molecule has 0 spiro atoms. The molecule has 0 bridgehead atoms. The Morgan fingerprint density at radius 3 is 2.80 bits per heavy atom. The molecule has 0 aliphatic heterocycles. The zero-order valence-corrected chi connectivity index (χ0v) is 11.8. The maximum absolute atomic E-state index is 12.2. The van der Waals surface area contributed by atoms with Crippen molar-refractivity contribution in [2.45, 2.75) is 20.8 Å². The highest BCUT2D eigenvalue weighted by atomic mass is 16.5. The van der Waals surface area contributed by atoms with Gasteiger partial charge in [-0.15, -0.1) is 0 Å². The van der Waals surface area contributed by atoms with Crippen LogP contribution < -0.4 is 0 Å². The Kier molecular flexibility index (Phi) is 2.93. The molecule has 3 rings (SSSR count). The first-order valence-electron chi connectivity index (χ1n) is 6.68. The first-order valence-corrected chi connectivity index (χ1v) is 6.68. The van der Waals surface area contributed by atoms with Crippen molar-refractivity contribution in [1.29, 1.82) is 0 Å². The van der Waals surface area contributed by atoms with E-state index in [0.717, 1.165) is 33.2 Å². The van der Waals surface area contributed by atoms with Crippen LogP contribution in [0.1, 0.15) is 28.7 Å². The summed E-state index contributed by atoms with van der Waals surface area (Å²) in [7, 11) is 0. The Morgan fingerprint density at radius 2 is 2.05 bits per heavy atom. The number of hydrogen-bond donors (Lipinski definition) is 1. The monoisotopic (exact) mass is 268 g/mol. The minimum absolute atomic E-state index is 0.295. The van der Waals surface area contributed by atoms with E-state index in [1.165, 1.54) is 0 Å². The van der Waals surface area contributed by atoms with E-state index in [2.05, 4.69) is 9.97 Å². The van der Waals surface area contributed by atoms with Gasteiger partial charge in [-0.3, -0.25) is 4.98 Å². The largest absolute Gasteiger partial charge is 0.462 e. The Morgan fingerprint density at radius 1 is 1.30 bits per heavy atom. The van der Waals surface area contributed by atoms with Gasteiger partial charge >= 0.3 is 5.97 Å². The highest BCUT2D eigenvalue weighted by molar-refractivity contribution is 6.14. The molecule has 2 aromatic heterocycles. The number of para-hydroxylation sites is 1. The lowest BCUT2D eigenvalue weighted by molar-refractivity contribution is 0.0528. The van der Waals surface area contributed by atoms with Crippen LogP contribution in [0.15, 0.2) is 24.3 Å². The summed E-state index contributed by atoms with van der Waals surface area (Å²) in [6, 6.07) is 7.92. The number of pyridine rings is 1. The molecule has 0 saturated heterocycles. The summed E-state index contributed by atoms with van der Waals surface area (Å²) in [5, 5.41) is 1.88. The lowest BCUT2D eigenvalue weighted by atomic mass is 10.1. The number of rotatable bonds is 2. The third-order valence-electron chi connectivity index (χ3n) is 3.49. The van der Waals surface area contributed by atoms with E-state index in [1.807, 2.05) is 45.0 Å². The quantitative estimate of drug-likeness (QED) is 0.723. The van der Waals surface area contributed by atoms with Gasteiger partial charge in [0.25, 0.3) is 0 Å². The van der Waals surface area contributed by atoms with E-state index in [-0.39, 0.29) is 5.97 Å². The second kappa shape index (κ2) is 4.63. The molecule has 0 atom stereocenters. The number of fused-ring (bicyclic) bond motifs is 3. The molecule has 102 valence electrons. The summed E-state index contributed by atoms with van der Waals surface area (Å²) in [4.78, 5) is 20.1. The Hall–Kier alpha value is -2.36. The topological polar surface area (TPSA) is 55.0 Å². The molecule has 4 heteroatoms. The van der Waals surface area contributed by atoms with Crippen LogP contribution in [0.5, 0.6) is 0 Å². The van der Waals surface area contributed by atoms with Crippen molar-refractivity contribution in [3.05, 3.63) is 41.2 Å². The number of hydrogen-bond acceptors (Lipinski definition) is 3. The van der Waals surface area contributed by atoms with Crippen LogP contribution >= 0.6 is 0 Å². The van der Waals surface area contributed by atoms with Gasteiger partial charge in [0, 0.05) is 22.2 Å². The smallest absolute Gasteiger partial charge is 0.340 e. The van der Waals surface area contributed by atoms with E-state index in [1.54, 1.807) is 0 Å². The number of ether oxygens (including phenoxy) is 1. The predicted octanol–water partition coefficient (Wildman–Crippen LogP) is 3.51. The molecule has 1 aromatic carbocycles. The maximum Gasteiger partial charge on any atom is 0.340 e. The molecular weight excluding hydrogens is 252 g/mol. The van der Waals surface area contributed by atoms with Gasteiger partial charge in [-0.1, -0.05) is 18.2 Å². The zero-order valence-electron chi connectivity index (χ0n) is 11.8. The van der Waals surface area contributed by atoms with E-state index >= 15 is 0 Å². The van der Waals surface area contributed by atoms with Crippen molar-refractivity contribution < 1.29 is 9.53 Å². The SMILES string of the molecule is CCOC(=O)c1c(C)[nH]c2c1c(C)nc1ccccc12. The fourth-order valence-corrected chi connectivity index (χ4v) is 2.67. The van der Waals surface area contributed by atoms with Crippen LogP contribution in [0.4, 0.5) is 0 Å². The van der Waals surface area contributed by atoms with Gasteiger partial charge in [-0.05, 0) is 26.8 Å². The van der Waals surface area contributed by atoms with E-state index < -0.39 is 0 Å². The molecule has 0 unspecified atom stereocenters. The fraction of sp³-hybridized carbons (Fsp3) is 0.250. The number of aryl methyl sites for hydroxylation is 2. The summed E-state index contributed by atoms with van der Waals surface area (Å²) in [5.41, 5.74) is 4.13. The first kappa shape index (κ1) is 12.7. The molecule has 0 aliphatic carbocycles. The second-order valence-electron chi connectivity index (χ2n) is 4.81.